The van der Waals surface area contributed by atoms with Gasteiger partial charge in [0.05, 0.1) is 0 Å². The average Bonchev–Trinajstić information content (AvgIpc) is 2.41. The highest BCUT2D eigenvalue weighted by atomic mass is 15.2. The van der Waals surface area contributed by atoms with Gasteiger partial charge in [-0.2, -0.15) is 0 Å². The van der Waals surface area contributed by atoms with Gasteiger partial charge < -0.3 is 5.32 Å². The first-order chi connectivity index (χ1) is 9.74. The predicted octanol–water partition coefficient (Wildman–Crippen LogP) is 4.16. The smallest absolute Gasteiger partial charge is 0.0255 e. The summed E-state index contributed by atoms with van der Waals surface area (Å²) < 4.78 is 0. The van der Waals surface area contributed by atoms with Crippen molar-refractivity contribution >= 4 is 0 Å². The molecule has 0 spiro atoms. The van der Waals surface area contributed by atoms with Crippen LogP contribution < -0.4 is 5.32 Å². The molecule has 0 aromatic heterocycles. The fraction of sp³-hybridized carbons (Fsp3) is 1.00. The summed E-state index contributed by atoms with van der Waals surface area (Å²) in [6.07, 6.45) is 5.50. The monoisotopic (exact) mass is 294 g/mol. The van der Waals surface area contributed by atoms with Crippen molar-refractivity contribution in [2.45, 2.75) is 85.4 Å². The van der Waals surface area contributed by atoms with Crippen LogP contribution in [0.15, 0.2) is 0 Å². The topological polar surface area (TPSA) is 15.3 Å². The second-order valence-electron chi connectivity index (χ2n) is 9.09. The fourth-order valence-corrected chi connectivity index (χ4v) is 4.83. The van der Waals surface area contributed by atoms with E-state index in [4.69, 9.17) is 0 Å². The molecule has 0 bridgehead atoms. The molecule has 0 aromatic rings. The molecular formula is C19H38N2. The quantitative estimate of drug-likeness (QED) is 0.823. The van der Waals surface area contributed by atoms with E-state index in [0.29, 0.717) is 11.5 Å². The molecule has 2 rings (SSSR count). The number of rotatable bonds is 2. The number of hydrogen-bond acceptors (Lipinski definition) is 2. The summed E-state index contributed by atoms with van der Waals surface area (Å²) in [4.78, 5) is 2.86. The Balaban J connectivity index is 2.16. The van der Waals surface area contributed by atoms with E-state index in [1.54, 1.807) is 0 Å². The van der Waals surface area contributed by atoms with Crippen molar-refractivity contribution < 1.29 is 0 Å². The summed E-state index contributed by atoms with van der Waals surface area (Å²) in [5, 5.41) is 3.63. The lowest BCUT2D eigenvalue weighted by atomic mass is 9.68. The van der Waals surface area contributed by atoms with E-state index in [2.05, 4.69) is 58.8 Å². The summed E-state index contributed by atoms with van der Waals surface area (Å²) in [6, 6.07) is 2.15. The minimum Gasteiger partial charge on any atom is -0.315 e. The molecule has 1 saturated heterocycles. The Bertz CT molecular complexity index is 333. The maximum absolute atomic E-state index is 3.63. The van der Waals surface area contributed by atoms with E-state index < -0.39 is 0 Å². The molecule has 2 aliphatic rings. The first kappa shape index (κ1) is 17.3. The molecule has 0 amide bonds. The Kier molecular flexibility index (Phi) is 5.41. The van der Waals surface area contributed by atoms with Gasteiger partial charge in [0, 0.05) is 24.7 Å². The summed E-state index contributed by atoms with van der Waals surface area (Å²) in [5.74, 6) is 2.55. The highest BCUT2D eigenvalue weighted by Gasteiger charge is 2.41. The molecule has 1 aliphatic heterocycles. The lowest BCUT2D eigenvalue weighted by Crippen LogP contribution is -2.59. The first-order valence-corrected chi connectivity index (χ1v) is 9.17. The molecule has 2 fully saturated rings. The Labute approximate surface area is 133 Å². The van der Waals surface area contributed by atoms with E-state index >= 15 is 0 Å². The molecular weight excluding hydrogens is 256 g/mol. The Morgan fingerprint density at radius 2 is 1.67 bits per heavy atom. The number of likely N-dealkylation sites (N-methyl/N-ethyl adjacent to an activating group) is 1. The third-order valence-corrected chi connectivity index (χ3v) is 6.48. The lowest BCUT2D eigenvalue weighted by Gasteiger charge is -2.52. The lowest BCUT2D eigenvalue weighted by molar-refractivity contribution is -0.0114. The molecule has 6 atom stereocenters. The van der Waals surface area contributed by atoms with E-state index in [9.17, 15) is 0 Å². The van der Waals surface area contributed by atoms with Crippen LogP contribution in [0, 0.1) is 23.2 Å². The van der Waals surface area contributed by atoms with E-state index in [1.165, 1.54) is 32.2 Å². The number of likely N-dealkylation sites (tertiary alicyclic amines) is 1. The number of nitrogens with one attached hydrogen (secondary N) is 1. The standard InChI is InChI=1S/C19H38N2/c1-13-10-14(2)15(3)21(12-13)18-11-16(19(4,5)6)8-9-17(18)20-7/h13-18,20H,8-12H2,1-7H3. The van der Waals surface area contributed by atoms with Gasteiger partial charge in [0.2, 0.25) is 0 Å². The molecule has 1 saturated carbocycles. The maximum Gasteiger partial charge on any atom is 0.0255 e. The summed E-state index contributed by atoms with van der Waals surface area (Å²) in [5.41, 5.74) is 0.452. The zero-order chi connectivity index (χ0) is 15.8. The van der Waals surface area contributed by atoms with E-state index in [-0.39, 0.29) is 0 Å². The van der Waals surface area contributed by atoms with Crippen LogP contribution >= 0.6 is 0 Å². The van der Waals surface area contributed by atoms with Gasteiger partial charge in [-0.25, -0.2) is 0 Å². The largest absolute Gasteiger partial charge is 0.315 e. The number of nitrogens with zero attached hydrogens (tertiary/aromatic N) is 1. The molecule has 0 radical (unpaired) electrons. The van der Waals surface area contributed by atoms with Crippen molar-refractivity contribution in [2.24, 2.45) is 23.2 Å². The van der Waals surface area contributed by atoms with Crippen LogP contribution in [-0.2, 0) is 0 Å². The van der Waals surface area contributed by atoms with Crippen LogP contribution in [0.4, 0.5) is 0 Å². The summed E-state index contributed by atoms with van der Waals surface area (Å²) in [7, 11) is 2.16. The minimum atomic E-state index is 0.452. The van der Waals surface area contributed by atoms with E-state index in [1.807, 2.05) is 0 Å². The van der Waals surface area contributed by atoms with Gasteiger partial charge in [-0.1, -0.05) is 34.6 Å². The molecule has 2 heteroatoms. The van der Waals surface area contributed by atoms with Crippen molar-refractivity contribution in [3.63, 3.8) is 0 Å². The van der Waals surface area contributed by atoms with Gasteiger partial charge in [0.15, 0.2) is 0 Å². The van der Waals surface area contributed by atoms with Gasteiger partial charge in [0.1, 0.15) is 0 Å². The van der Waals surface area contributed by atoms with Crippen LogP contribution in [0.5, 0.6) is 0 Å². The third kappa shape index (κ3) is 3.82. The van der Waals surface area contributed by atoms with Crippen LogP contribution in [0.3, 0.4) is 0 Å². The van der Waals surface area contributed by atoms with Gasteiger partial charge >= 0.3 is 0 Å². The average molecular weight is 295 g/mol. The van der Waals surface area contributed by atoms with Gasteiger partial charge in [-0.05, 0) is 62.8 Å². The van der Waals surface area contributed by atoms with E-state index in [0.717, 1.165) is 29.8 Å². The fourth-order valence-electron chi connectivity index (χ4n) is 4.83. The van der Waals surface area contributed by atoms with Crippen LogP contribution in [-0.4, -0.2) is 36.6 Å². The summed E-state index contributed by atoms with van der Waals surface area (Å²) in [6.45, 7) is 15.9. The second kappa shape index (κ2) is 6.58. The molecule has 2 nitrogen and oxygen atoms in total. The number of hydrogen-bond donors (Lipinski definition) is 1. The van der Waals surface area contributed by atoms with Gasteiger partial charge in [-0.15, -0.1) is 0 Å². The molecule has 1 aliphatic carbocycles. The zero-order valence-electron chi connectivity index (χ0n) is 15.4. The van der Waals surface area contributed by atoms with Crippen LogP contribution in [0.1, 0.15) is 67.2 Å². The van der Waals surface area contributed by atoms with Crippen LogP contribution in [0.2, 0.25) is 0 Å². The Hall–Kier alpha value is -0.0800. The maximum atomic E-state index is 3.63. The minimum absolute atomic E-state index is 0.452. The molecule has 1 N–H and O–H groups in total. The van der Waals surface area contributed by atoms with Crippen molar-refractivity contribution in [2.75, 3.05) is 13.6 Å². The van der Waals surface area contributed by atoms with Crippen LogP contribution in [0.25, 0.3) is 0 Å². The molecule has 0 aromatic carbocycles. The molecule has 21 heavy (non-hydrogen) atoms. The van der Waals surface area contributed by atoms with Crippen molar-refractivity contribution in [1.29, 1.82) is 0 Å². The Morgan fingerprint density at radius 1 is 1.00 bits per heavy atom. The predicted molar refractivity (Wildman–Crippen MR) is 92.5 cm³/mol. The van der Waals surface area contributed by atoms with Crippen molar-refractivity contribution in [3.05, 3.63) is 0 Å². The van der Waals surface area contributed by atoms with Gasteiger partial charge in [0.25, 0.3) is 0 Å². The second-order valence-corrected chi connectivity index (χ2v) is 9.09. The third-order valence-electron chi connectivity index (χ3n) is 6.48. The molecule has 124 valence electrons. The highest BCUT2D eigenvalue weighted by Crippen LogP contribution is 2.41. The Morgan fingerprint density at radius 3 is 2.24 bits per heavy atom. The molecule has 6 unspecified atom stereocenters. The molecule has 1 heterocycles. The van der Waals surface area contributed by atoms with Gasteiger partial charge in [-0.3, -0.25) is 4.90 Å². The summed E-state index contributed by atoms with van der Waals surface area (Å²) >= 11 is 0. The number of piperidine rings is 1. The normalized spacial score (nSPS) is 43.0. The highest BCUT2D eigenvalue weighted by molar-refractivity contribution is 4.97. The zero-order valence-corrected chi connectivity index (χ0v) is 15.4. The van der Waals surface area contributed by atoms with Crippen molar-refractivity contribution in [1.82, 2.24) is 10.2 Å². The van der Waals surface area contributed by atoms with Crippen molar-refractivity contribution in [3.8, 4) is 0 Å². The first-order valence-electron chi connectivity index (χ1n) is 9.17. The SMILES string of the molecule is CNC1CCC(C(C)(C)C)CC1N1CC(C)CC(C)C1C.